The molecule has 1 aliphatic heterocycles. The highest BCUT2D eigenvalue weighted by molar-refractivity contribution is 5.51. The molecule has 1 N–H and O–H groups in total. The van der Waals surface area contributed by atoms with Gasteiger partial charge in [-0.2, -0.15) is 0 Å². The highest BCUT2D eigenvalue weighted by Gasteiger charge is 2.19. The molecule has 2 heterocycles. The predicted octanol–water partition coefficient (Wildman–Crippen LogP) is 2.67. The van der Waals surface area contributed by atoms with Crippen LogP contribution in [0.25, 0.3) is 0 Å². The van der Waals surface area contributed by atoms with Crippen molar-refractivity contribution in [2.24, 2.45) is 5.92 Å². The monoisotopic (exact) mass is 291 g/mol. The Morgan fingerprint density at radius 1 is 1.43 bits per heavy atom. The molecule has 1 unspecified atom stereocenters. The molecule has 1 atom stereocenters. The molecule has 0 aromatic carbocycles. The molecule has 1 saturated heterocycles. The van der Waals surface area contributed by atoms with Gasteiger partial charge in [0.25, 0.3) is 0 Å². The predicted molar refractivity (Wildman–Crippen MR) is 87.9 cm³/mol. The lowest BCUT2D eigenvalue weighted by molar-refractivity contribution is 0.0576. The van der Waals surface area contributed by atoms with E-state index >= 15 is 0 Å². The van der Waals surface area contributed by atoms with Crippen LogP contribution in [0.5, 0.6) is 0 Å². The van der Waals surface area contributed by atoms with Crippen LogP contribution in [0.1, 0.15) is 36.6 Å². The van der Waals surface area contributed by atoms with Crippen LogP contribution in [0.3, 0.4) is 0 Å². The van der Waals surface area contributed by atoms with E-state index in [1.54, 1.807) is 0 Å². The molecule has 4 heteroatoms. The first-order valence-electron chi connectivity index (χ1n) is 8.08. The number of ether oxygens (including phenoxy) is 1. The van der Waals surface area contributed by atoms with Crippen LogP contribution < -0.4 is 10.2 Å². The third-order valence-electron chi connectivity index (χ3n) is 4.15. The van der Waals surface area contributed by atoms with Gasteiger partial charge in [0, 0.05) is 38.0 Å². The third kappa shape index (κ3) is 4.42. The highest BCUT2D eigenvalue weighted by Crippen LogP contribution is 2.24. The summed E-state index contributed by atoms with van der Waals surface area (Å²) in [7, 11) is 2.16. The molecule has 118 valence electrons. The van der Waals surface area contributed by atoms with Gasteiger partial charge in [-0.05, 0) is 50.8 Å². The Kier molecular flexibility index (Phi) is 6.00. The minimum absolute atomic E-state index is 0.623. The van der Waals surface area contributed by atoms with Crippen LogP contribution in [0.4, 0.5) is 5.82 Å². The Hall–Kier alpha value is -1.13. The minimum atomic E-state index is 0.623. The molecule has 0 spiro atoms. The van der Waals surface area contributed by atoms with Crippen molar-refractivity contribution in [1.82, 2.24) is 10.3 Å². The standard InChI is InChI=1S/C17H29N3O/c1-5-18-10-16-13(2)9-14(3)19-17(16)20(4)11-15-7-6-8-21-12-15/h9,15,18H,5-8,10-12H2,1-4H3. The Morgan fingerprint density at radius 3 is 2.90 bits per heavy atom. The number of nitrogens with zero attached hydrogens (tertiary/aromatic N) is 2. The van der Waals surface area contributed by atoms with Gasteiger partial charge in [-0.25, -0.2) is 4.98 Å². The van der Waals surface area contributed by atoms with Crippen molar-refractivity contribution in [2.75, 3.05) is 38.3 Å². The number of hydrogen-bond donors (Lipinski definition) is 1. The Bertz CT molecular complexity index is 456. The lowest BCUT2D eigenvalue weighted by atomic mass is 10.0. The molecule has 0 radical (unpaired) electrons. The molecule has 0 amide bonds. The smallest absolute Gasteiger partial charge is 0.133 e. The molecule has 2 rings (SSSR count). The van der Waals surface area contributed by atoms with Crippen molar-refractivity contribution in [3.63, 3.8) is 0 Å². The second kappa shape index (κ2) is 7.76. The van der Waals surface area contributed by atoms with Crippen LogP contribution in [0.15, 0.2) is 6.07 Å². The zero-order valence-corrected chi connectivity index (χ0v) is 13.9. The lowest BCUT2D eigenvalue weighted by Crippen LogP contribution is -2.32. The van der Waals surface area contributed by atoms with Crippen molar-refractivity contribution < 1.29 is 4.74 Å². The molecular formula is C17H29N3O. The van der Waals surface area contributed by atoms with Crippen molar-refractivity contribution >= 4 is 5.82 Å². The zero-order valence-electron chi connectivity index (χ0n) is 13.9. The summed E-state index contributed by atoms with van der Waals surface area (Å²) in [4.78, 5) is 7.11. The summed E-state index contributed by atoms with van der Waals surface area (Å²) in [5.41, 5.74) is 3.74. The molecule has 1 fully saturated rings. The number of anilines is 1. The topological polar surface area (TPSA) is 37.4 Å². The Labute approximate surface area is 128 Å². The summed E-state index contributed by atoms with van der Waals surface area (Å²) < 4.78 is 5.60. The third-order valence-corrected chi connectivity index (χ3v) is 4.15. The Morgan fingerprint density at radius 2 is 2.24 bits per heavy atom. The van der Waals surface area contributed by atoms with E-state index in [0.29, 0.717) is 5.92 Å². The Balaban J connectivity index is 2.15. The summed E-state index contributed by atoms with van der Waals surface area (Å²) >= 11 is 0. The lowest BCUT2D eigenvalue weighted by Gasteiger charge is -2.29. The fraction of sp³-hybridized carbons (Fsp3) is 0.706. The normalized spacial score (nSPS) is 18.8. The molecule has 0 saturated carbocycles. The van der Waals surface area contributed by atoms with Crippen LogP contribution in [0, 0.1) is 19.8 Å². The van der Waals surface area contributed by atoms with Gasteiger partial charge >= 0.3 is 0 Å². The maximum absolute atomic E-state index is 5.60. The maximum atomic E-state index is 5.60. The van der Waals surface area contributed by atoms with E-state index in [0.717, 1.165) is 44.4 Å². The average molecular weight is 291 g/mol. The van der Waals surface area contributed by atoms with Gasteiger partial charge in [0.2, 0.25) is 0 Å². The van der Waals surface area contributed by atoms with Crippen LogP contribution >= 0.6 is 0 Å². The first-order chi connectivity index (χ1) is 10.1. The summed E-state index contributed by atoms with van der Waals surface area (Å²) in [6, 6.07) is 2.17. The van der Waals surface area contributed by atoms with E-state index in [2.05, 4.69) is 44.1 Å². The largest absolute Gasteiger partial charge is 0.381 e. The molecule has 0 aliphatic carbocycles. The first-order valence-corrected chi connectivity index (χ1v) is 8.08. The van der Waals surface area contributed by atoms with E-state index in [-0.39, 0.29) is 0 Å². The van der Waals surface area contributed by atoms with Gasteiger partial charge in [-0.1, -0.05) is 6.92 Å². The van der Waals surface area contributed by atoms with Crippen molar-refractivity contribution in [3.8, 4) is 0 Å². The van der Waals surface area contributed by atoms with Gasteiger partial charge in [-0.3, -0.25) is 0 Å². The maximum Gasteiger partial charge on any atom is 0.133 e. The number of nitrogens with one attached hydrogen (secondary N) is 1. The van der Waals surface area contributed by atoms with Crippen molar-refractivity contribution in [3.05, 3.63) is 22.9 Å². The van der Waals surface area contributed by atoms with E-state index in [1.165, 1.54) is 24.0 Å². The number of pyridine rings is 1. The molecule has 1 aromatic heterocycles. The van der Waals surface area contributed by atoms with Gasteiger partial charge < -0.3 is 15.0 Å². The first kappa shape index (κ1) is 16.2. The number of aryl methyl sites for hydroxylation is 2. The molecular weight excluding hydrogens is 262 g/mol. The molecule has 0 bridgehead atoms. The van der Waals surface area contributed by atoms with Crippen LogP contribution in [0.2, 0.25) is 0 Å². The second-order valence-electron chi connectivity index (χ2n) is 6.13. The minimum Gasteiger partial charge on any atom is -0.381 e. The van der Waals surface area contributed by atoms with E-state index in [9.17, 15) is 0 Å². The van der Waals surface area contributed by atoms with Crippen molar-refractivity contribution in [1.29, 1.82) is 0 Å². The molecule has 4 nitrogen and oxygen atoms in total. The van der Waals surface area contributed by atoms with Gasteiger partial charge in [0.1, 0.15) is 5.82 Å². The zero-order chi connectivity index (χ0) is 15.2. The van der Waals surface area contributed by atoms with E-state index in [1.807, 2.05) is 0 Å². The van der Waals surface area contributed by atoms with E-state index in [4.69, 9.17) is 9.72 Å². The quantitative estimate of drug-likeness (QED) is 0.874. The summed E-state index contributed by atoms with van der Waals surface area (Å²) in [5.74, 6) is 1.75. The molecule has 21 heavy (non-hydrogen) atoms. The fourth-order valence-electron chi connectivity index (χ4n) is 3.05. The van der Waals surface area contributed by atoms with Gasteiger partial charge in [0.05, 0.1) is 6.61 Å². The van der Waals surface area contributed by atoms with E-state index < -0.39 is 0 Å². The summed E-state index contributed by atoms with van der Waals surface area (Å²) in [6.45, 7) is 11.1. The summed E-state index contributed by atoms with van der Waals surface area (Å²) in [5, 5.41) is 3.43. The number of aromatic nitrogens is 1. The second-order valence-corrected chi connectivity index (χ2v) is 6.13. The SMILES string of the molecule is CCNCc1c(C)cc(C)nc1N(C)CC1CCCOC1. The number of hydrogen-bond acceptors (Lipinski definition) is 4. The van der Waals surface area contributed by atoms with Gasteiger partial charge in [0.15, 0.2) is 0 Å². The number of rotatable bonds is 6. The average Bonchev–Trinajstić information content (AvgIpc) is 2.46. The van der Waals surface area contributed by atoms with Crippen LogP contribution in [-0.2, 0) is 11.3 Å². The highest BCUT2D eigenvalue weighted by atomic mass is 16.5. The van der Waals surface area contributed by atoms with Crippen molar-refractivity contribution in [2.45, 2.75) is 40.2 Å². The molecule has 1 aliphatic rings. The van der Waals surface area contributed by atoms with Crippen LogP contribution in [-0.4, -0.2) is 38.3 Å². The molecule has 1 aromatic rings. The van der Waals surface area contributed by atoms with Gasteiger partial charge in [-0.15, -0.1) is 0 Å². The fourth-order valence-corrected chi connectivity index (χ4v) is 3.05. The summed E-state index contributed by atoms with van der Waals surface area (Å²) in [6.07, 6.45) is 2.45.